The topological polar surface area (TPSA) is 69.7 Å². The number of rotatable bonds is 8. The molecule has 0 aromatic rings. The van der Waals surface area contributed by atoms with Gasteiger partial charge in [0.2, 0.25) is 0 Å². The second kappa shape index (κ2) is 8.56. The van der Waals surface area contributed by atoms with E-state index in [4.69, 9.17) is 9.47 Å². The van der Waals surface area contributed by atoms with Gasteiger partial charge in [-0.2, -0.15) is 0 Å². The molecule has 1 aliphatic heterocycles. The zero-order valence-electron chi connectivity index (χ0n) is 22.9. The highest BCUT2D eigenvalue weighted by Crippen LogP contribution is 2.88. The van der Waals surface area contributed by atoms with E-state index in [2.05, 4.69) is 33.4 Å². The zero-order chi connectivity index (χ0) is 26.1. The fourth-order valence-electron chi connectivity index (χ4n) is 10.4. The molecule has 1 spiro atoms. The molecule has 5 aliphatic rings. The number of fused-ring (bicyclic) bond motifs is 4. The van der Waals surface area contributed by atoms with Crippen molar-refractivity contribution in [1.82, 2.24) is 0 Å². The Labute approximate surface area is 216 Å². The number of carbonyl (C=O) groups excluding carboxylic acids is 3. The van der Waals surface area contributed by atoms with Gasteiger partial charge in [0.25, 0.3) is 0 Å². The molecular weight excluding hydrogens is 452 g/mol. The van der Waals surface area contributed by atoms with Crippen molar-refractivity contribution in [1.29, 1.82) is 0 Å². The highest BCUT2D eigenvalue weighted by Gasteiger charge is 2.83. The van der Waals surface area contributed by atoms with Gasteiger partial charge in [-0.15, -0.1) is 0 Å². The van der Waals surface area contributed by atoms with E-state index in [-0.39, 0.29) is 45.6 Å². The van der Waals surface area contributed by atoms with Crippen LogP contribution in [0, 0.1) is 45.3 Å². The molecule has 0 bridgehead atoms. The summed E-state index contributed by atoms with van der Waals surface area (Å²) >= 11 is 0. The lowest BCUT2D eigenvalue weighted by Crippen LogP contribution is -2.56. The second-order valence-electron chi connectivity index (χ2n) is 13.4. The first kappa shape index (κ1) is 25.7. The van der Waals surface area contributed by atoms with Crippen molar-refractivity contribution in [3.63, 3.8) is 0 Å². The molecule has 5 nitrogen and oxygen atoms in total. The lowest BCUT2D eigenvalue weighted by molar-refractivity contribution is -0.158. The maximum atomic E-state index is 12.7. The average Bonchev–Trinajstić information content (AvgIpc) is 3.31. The van der Waals surface area contributed by atoms with Crippen LogP contribution in [0.15, 0.2) is 23.8 Å². The van der Waals surface area contributed by atoms with E-state index < -0.39 is 0 Å². The van der Waals surface area contributed by atoms with Gasteiger partial charge in [0.05, 0.1) is 7.11 Å². The third kappa shape index (κ3) is 3.29. The maximum Gasteiger partial charge on any atom is 0.334 e. The van der Waals surface area contributed by atoms with Crippen LogP contribution in [0.5, 0.6) is 0 Å². The summed E-state index contributed by atoms with van der Waals surface area (Å²) in [7, 11) is 1.46. The Morgan fingerprint density at radius 1 is 1.25 bits per heavy atom. The van der Waals surface area contributed by atoms with Gasteiger partial charge >= 0.3 is 11.9 Å². The first-order valence-electron chi connectivity index (χ1n) is 14.1. The van der Waals surface area contributed by atoms with Crippen LogP contribution in [0.2, 0.25) is 0 Å². The van der Waals surface area contributed by atoms with E-state index in [0.29, 0.717) is 29.7 Å². The molecule has 1 saturated heterocycles. The van der Waals surface area contributed by atoms with Gasteiger partial charge < -0.3 is 9.47 Å². The number of carbonyl (C=O) groups is 3. The van der Waals surface area contributed by atoms with Crippen LogP contribution in [0.4, 0.5) is 0 Å². The van der Waals surface area contributed by atoms with E-state index in [0.717, 1.165) is 44.0 Å². The summed E-state index contributed by atoms with van der Waals surface area (Å²) in [6, 6.07) is 0. The minimum Gasteiger partial charge on any atom is -0.469 e. The molecule has 5 rings (SSSR count). The van der Waals surface area contributed by atoms with Crippen molar-refractivity contribution in [3.8, 4) is 0 Å². The van der Waals surface area contributed by atoms with E-state index in [1.807, 2.05) is 6.92 Å². The molecular formula is C31H44O5. The smallest absolute Gasteiger partial charge is 0.334 e. The molecule has 4 saturated carbocycles. The quantitative estimate of drug-likeness (QED) is 0.227. The molecule has 198 valence electrons. The van der Waals surface area contributed by atoms with Gasteiger partial charge in [0.1, 0.15) is 12.4 Å². The normalized spacial score (nSPS) is 45.6. The molecule has 0 amide bonds. The van der Waals surface area contributed by atoms with Crippen LogP contribution >= 0.6 is 0 Å². The van der Waals surface area contributed by atoms with Gasteiger partial charge in [-0.05, 0) is 110 Å². The Balaban J connectivity index is 1.44. The van der Waals surface area contributed by atoms with Crippen LogP contribution in [0.1, 0.15) is 91.9 Å². The fraction of sp³-hybridized carbons (Fsp3) is 0.774. The second-order valence-corrected chi connectivity index (χ2v) is 13.4. The summed E-state index contributed by atoms with van der Waals surface area (Å²) in [6.07, 6.45) is 13.0. The van der Waals surface area contributed by atoms with Crippen molar-refractivity contribution >= 4 is 18.2 Å². The molecule has 0 unspecified atom stereocenters. The minimum atomic E-state index is -0.229. The number of hydrogen-bond acceptors (Lipinski definition) is 5. The standard InChI is InChI=1S/C31H44O5/c1-19(17-32)8-7-9-20(2)22-10-12-29(5)24-16-23-26(21(3)27(34)36-23)31(13-11-25(33)35-6)18-30(24,31)15-14-28(22,29)4/h8,17,20,22-24,26H,3,7,9-16,18H2,1-2,4-6H3/b19-8+/t20-,22-,23-,24-,26-,28+,29-,30+,31+/m0/s1. The molecule has 0 aromatic carbocycles. The van der Waals surface area contributed by atoms with Gasteiger partial charge in [0, 0.05) is 17.9 Å². The van der Waals surface area contributed by atoms with Crippen molar-refractivity contribution in [2.45, 2.75) is 98.0 Å². The summed E-state index contributed by atoms with van der Waals surface area (Å²) in [5.74, 6) is 1.41. The summed E-state index contributed by atoms with van der Waals surface area (Å²) in [5, 5.41) is 0. The van der Waals surface area contributed by atoms with Crippen LogP contribution in [0.3, 0.4) is 0 Å². The summed E-state index contributed by atoms with van der Waals surface area (Å²) in [5.41, 5.74) is 2.00. The Kier molecular flexibility index (Phi) is 6.12. The van der Waals surface area contributed by atoms with Crippen LogP contribution in [-0.4, -0.2) is 31.4 Å². The summed E-state index contributed by atoms with van der Waals surface area (Å²) < 4.78 is 11.0. The van der Waals surface area contributed by atoms with E-state index in [1.165, 1.54) is 32.8 Å². The monoisotopic (exact) mass is 496 g/mol. The molecule has 4 aliphatic carbocycles. The predicted octanol–water partition coefficient (Wildman–Crippen LogP) is 6.21. The molecule has 5 fully saturated rings. The van der Waals surface area contributed by atoms with Gasteiger partial charge in [0.15, 0.2) is 0 Å². The van der Waals surface area contributed by atoms with Crippen molar-refractivity contribution in [3.05, 3.63) is 23.8 Å². The number of esters is 2. The van der Waals surface area contributed by atoms with Gasteiger partial charge in [-0.3, -0.25) is 9.59 Å². The summed E-state index contributed by atoms with van der Waals surface area (Å²) in [6.45, 7) is 13.6. The van der Waals surface area contributed by atoms with Crippen molar-refractivity contribution in [2.24, 2.45) is 45.3 Å². The Morgan fingerprint density at radius 2 is 2.00 bits per heavy atom. The third-order valence-electron chi connectivity index (χ3n) is 12.4. The summed E-state index contributed by atoms with van der Waals surface area (Å²) in [4.78, 5) is 35.9. The number of aldehydes is 1. The SMILES string of the molecule is C=C1C(=O)O[C@H]2C[C@@H]3[C@@]4(CC[C@]5(C)[C@H]([C@@H](C)CC/C=C(\C)C=O)CC[C@@]35C)C[C@]4(CCC(=O)OC)[C@@H]12. The zero-order valence-corrected chi connectivity index (χ0v) is 22.9. The highest BCUT2D eigenvalue weighted by atomic mass is 16.6. The lowest BCUT2D eigenvalue weighted by Gasteiger charge is -2.61. The molecule has 0 radical (unpaired) electrons. The van der Waals surface area contributed by atoms with Crippen molar-refractivity contribution < 1.29 is 23.9 Å². The molecule has 9 atom stereocenters. The number of hydrogen-bond donors (Lipinski definition) is 0. The lowest BCUT2D eigenvalue weighted by atomic mass is 9.43. The van der Waals surface area contributed by atoms with Crippen LogP contribution in [0.25, 0.3) is 0 Å². The first-order chi connectivity index (χ1) is 17.0. The molecule has 36 heavy (non-hydrogen) atoms. The number of allylic oxidation sites excluding steroid dienone is 2. The van der Waals surface area contributed by atoms with E-state index in [9.17, 15) is 14.4 Å². The number of methoxy groups -OCH3 is 1. The minimum absolute atomic E-state index is 0.0443. The first-order valence-corrected chi connectivity index (χ1v) is 14.1. The largest absolute Gasteiger partial charge is 0.469 e. The molecule has 1 heterocycles. The van der Waals surface area contributed by atoms with Gasteiger partial charge in [-0.25, -0.2) is 4.79 Å². The van der Waals surface area contributed by atoms with Gasteiger partial charge in [-0.1, -0.05) is 33.4 Å². The van der Waals surface area contributed by atoms with Crippen LogP contribution < -0.4 is 0 Å². The van der Waals surface area contributed by atoms with E-state index in [1.54, 1.807) is 0 Å². The Bertz CT molecular complexity index is 1010. The molecule has 5 heteroatoms. The number of ether oxygens (including phenoxy) is 2. The van der Waals surface area contributed by atoms with Crippen LogP contribution in [-0.2, 0) is 23.9 Å². The highest BCUT2D eigenvalue weighted by molar-refractivity contribution is 5.91. The average molecular weight is 497 g/mol. The Morgan fingerprint density at radius 3 is 2.69 bits per heavy atom. The van der Waals surface area contributed by atoms with E-state index >= 15 is 0 Å². The third-order valence-corrected chi connectivity index (χ3v) is 12.4. The maximum absolute atomic E-state index is 12.7. The molecule has 0 aromatic heterocycles. The molecule has 0 N–H and O–H groups in total. The fourth-order valence-corrected chi connectivity index (χ4v) is 10.4. The van der Waals surface area contributed by atoms with Crippen molar-refractivity contribution in [2.75, 3.05) is 7.11 Å². The predicted molar refractivity (Wildman–Crippen MR) is 138 cm³/mol. The Hall–Kier alpha value is -1.91.